The summed E-state index contributed by atoms with van der Waals surface area (Å²) in [4.78, 5) is 13.7. The molecule has 0 aromatic rings. The summed E-state index contributed by atoms with van der Waals surface area (Å²) in [5.74, 6) is 0.108. The number of likely N-dealkylation sites (tertiary alicyclic amines) is 1. The van der Waals surface area contributed by atoms with E-state index in [1.807, 2.05) is 4.90 Å². The first-order valence-corrected chi connectivity index (χ1v) is 6.03. The smallest absolute Gasteiger partial charge is 0.239 e. The van der Waals surface area contributed by atoms with Crippen LogP contribution in [0.25, 0.3) is 0 Å². The van der Waals surface area contributed by atoms with Crippen molar-refractivity contribution in [1.29, 1.82) is 0 Å². The second kappa shape index (κ2) is 4.97. The Balaban J connectivity index is 2.59. The number of nitrogens with two attached hydrogens (primary N) is 1. The van der Waals surface area contributed by atoms with E-state index in [0.717, 1.165) is 19.5 Å². The van der Waals surface area contributed by atoms with Crippen LogP contribution in [0.4, 0.5) is 0 Å². The van der Waals surface area contributed by atoms with Gasteiger partial charge in [-0.25, -0.2) is 0 Å². The third kappa shape index (κ3) is 3.20. The highest BCUT2D eigenvalue weighted by atomic mass is 16.2. The van der Waals surface area contributed by atoms with Crippen molar-refractivity contribution in [3.63, 3.8) is 0 Å². The van der Waals surface area contributed by atoms with Crippen molar-refractivity contribution >= 4 is 5.91 Å². The minimum absolute atomic E-state index is 0.108. The summed E-state index contributed by atoms with van der Waals surface area (Å²) in [6.07, 6.45) is 4.75. The van der Waals surface area contributed by atoms with Gasteiger partial charge in [0.05, 0.1) is 6.04 Å². The normalized spacial score (nSPS) is 28.9. The lowest BCUT2D eigenvalue weighted by Gasteiger charge is -2.41. The molecule has 0 aliphatic carbocycles. The van der Waals surface area contributed by atoms with E-state index in [4.69, 9.17) is 5.73 Å². The molecule has 1 amide bonds. The highest BCUT2D eigenvalue weighted by Crippen LogP contribution is 2.33. The summed E-state index contributed by atoms with van der Waals surface area (Å²) >= 11 is 0. The van der Waals surface area contributed by atoms with Gasteiger partial charge in [-0.1, -0.05) is 20.3 Å². The Morgan fingerprint density at radius 2 is 2.27 bits per heavy atom. The molecule has 0 spiro atoms. The molecule has 1 fully saturated rings. The number of hydrogen-bond acceptors (Lipinski definition) is 2. The summed E-state index contributed by atoms with van der Waals surface area (Å²) in [5.41, 5.74) is 5.96. The van der Waals surface area contributed by atoms with Crippen molar-refractivity contribution in [2.75, 3.05) is 13.1 Å². The Hall–Kier alpha value is -0.570. The van der Waals surface area contributed by atoms with E-state index in [9.17, 15) is 4.79 Å². The highest BCUT2D eigenvalue weighted by Gasteiger charge is 2.32. The quantitative estimate of drug-likeness (QED) is 0.775. The Labute approximate surface area is 93.0 Å². The molecule has 0 bridgehead atoms. The predicted octanol–water partition coefficient (Wildman–Crippen LogP) is 1.76. The van der Waals surface area contributed by atoms with Crippen molar-refractivity contribution in [1.82, 2.24) is 4.90 Å². The third-order valence-corrected chi connectivity index (χ3v) is 3.34. The lowest BCUT2D eigenvalue weighted by Crippen LogP contribution is -2.49. The Morgan fingerprint density at radius 3 is 2.80 bits per heavy atom. The SMILES string of the molecule is CCCC1(C)CCCN(C(=O)C(C)N)C1. The first-order chi connectivity index (χ1) is 6.98. The fourth-order valence-electron chi connectivity index (χ4n) is 2.60. The van der Waals surface area contributed by atoms with Crippen molar-refractivity contribution < 1.29 is 4.79 Å². The molecule has 88 valence electrons. The molecule has 3 nitrogen and oxygen atoms in total. The predicted molar refractivity (Wildman–Crippen MR) is 62.5 cm³/mol. The van der Waals surface area contributed by atoms with Crippen LogP contribution in [0.2, 0.25) is 0 Å². The molecule has 1 heterocycles. The number of hydrogen-bond donors (Lipinski definition) is 1. The standard InChI is InChI=1S/C12H24N2O/c1-4-6-12(3)7-5-8-14(9-12)11(15)10(2)13/h10H,4-9,13H2,1-3H3. The number of carbonyl (C=O) groups excluding carboxylic acids is 1. The Bertz CT molecular complexity index is 224. The van der Waals surface area contributed by atoms with Crippen LogP contribution in [0.3, 0.4) is 0 Å². The topological polar surface area (TPSA) is 46.3 Å². The number of rotatable bonds is 3. The molecule has 0 aromatic heterocycles. The van der Waals surface area contributed by atoms with Crippen LogP contribution in [0.1, 0.15) is 46.5 Å². The molecule has 1 saturated heterocycles. The molecule has 0 radical (unpaired) electrons. The van der Waals surface area contributed by atoms with Crippen LogP contribution in [0.15, 0.2) is 0 Å². The number of carbonyl (C=O) groups is 1. The van der Waals surface area contributed by atoms with Crippen LogP contribution in [-0.2, 0) is 4.79 Å². The lowest BCUT2D eigenvalue weighted by molar-refractivity contribution is -0.135. The lowest BCUT2D eigenvalue weighted by atomic mass is 9.78. The van der Waals surface area contributed by atoms with Gasteiger partial charge in [0, 0.05) is 13.1 Å². The molecule has 0 saturated carbocycles. The minimum Gasteiger partial charge on any atom is -0.341 e. The molecule has 2 atom stereocenters. The summed E-state index contributed by atoms with van der Waals surface area (Å²) < 4.78 is 0. The van der Waals surface area contributed by atoms with Gasteiger partial charge in [0.25, 0.3) is 0 Å². The van der Waals surface area contributed by atoms with E-state index in [1.54, 1.807) is 6.92 Å². The monoisotopic (exact) mass is 212 g/mol. The zero-order valence-corrected chi connectivity index (χ0v) is 10.3. The van der Waals surface area contributed by atoms with E-state index in [-0.39, 0.29) is 11.9 Å². The van der Waals surface area contributed by atoms with E-state index < -0.39 is 0 Å². The molecule has 3 heteroatoms. The fourth-order valence-corrected chi connectivity index (χ4v) is 2.60. The summed E-state index contributed by atoms with van der Waals surface area (Å²) in [7, 11) is 0. The maximum absolute atomic E-state index is 11.8. The van der Waals surface area contributed by atoms with Gasteiger partial charge in [0.2, 0.25) is 5.91 Å². The first kappa shape index (κ1) is 12.5. The van der Waals surface area contributed by atoms with Gasteiger partial charge in [-0.15, -0.1) is 0 Å². The number of amides is 1. The zero-order valence-electron chi connectivity index (χ0n) is 10.3. The van der Waals surface area contributed by atoms with Gasteiger partial charge in [-0.2, -0.15) is 0 Å². The largest absolute Gasteiger partial charge is 0.341 e. The molecule has 2 unspecified atom stereocenters. The second-order valence-electron chi connectivity index (χ2n) is 5.21. The summed E-state index contributed by atoms with van der Waals surface area (Å²) in [5, 5.41) is 0. The van der Waals surface area contributed by atoms with E-state index in [2.05, 4.69) is 13.8 Å². The molecule has 15 heavy (non-hydrogen) atoms. The Kier molecular flexibility index (Phi) is 4.14. The van der Waals surface area contributed by atoms with Crippen LogP contribution in [-0.4, -0.2) is 29.9 Å². The van der Waals surface area contributed by atoms with Crippen molar-refractivity contribution in [3.8, 4) is 0 Å². The van der Waals surface area contributed by atoms with Gasteiger partial charge in [-0.05, 0) is 31.6 Å². The van der Waals surface area contributed by atoms with Gasteiger partial charge in [0.15, 0.2) is 0 Å². The van der Waals surface area contributed by atoms with Gasteiger partial charge in [0.1, 0.15) is 0 Å². The first-order valence-electron chi connectivity index (χ1n) is 6.03. The minimum atomic E-state index is -0.353. The average molecular weight is 212 g/mol. The molecule has 1 aliphatic rings. The molecule has 1 aliphatic heterocycles. The van der Waals surface area contributed by atoms with Crippen molar-refractivity contribution in [2.24, 2.45) is 11.1 Å². The van der Waals surface area contributed by atoms with Crippen LogP contribution >= 0.6 is 0 Å². The number of piperidine rings is 1. The maximum Gasteiger partial charge on any atom is 0.239 e. The molecule has 2 N–H and O–H groups in total. The van der Waals surface area contributed by atoms with E-state index in [0.29, 0.717) is 5.41 Å². The second-order valence-corrected chi connectivity index (χ2v) is 5.21. The average Bonchev–Trinajstić information content (AvgIpc) is 2.16. The molecule has 0 aromatic carbocycles. The molecular weight excluding hydrogens is 188 g/mol. The zero-order chi connectivity index (χ0) is 11.5. The van der Waals surface area contributed by atoms with Crippen molar-refractivity contribution in [2.45, 2.75) is 52.5 Å². The maximum atomic E-state index is 11.8. The van der Waals surface area contributed by atoms with E-state index in [1.165, 1.54) is 19.3 Å². The van der Waals surface area contributed by atoms with Crippen LogP contribution < -0.4 is 5.73 Å². The van der Waals surface area contributed by atoms with Crippen LogP contribution in [0, 0.1) is 5.41 Å². The van der Waals surface area contributed by atoms with Crippen LogP contribution in [0.5, 0.6) is 0 Å². The number of nitrogens with zero attached hydrogens (tertiary/aromatic N) is 1. The highest BCUT2D eigenvalue weighted by molar-refractivity contribution is 5.81. The third-order valence-electron chi connectivity index (χ3n) is 3.34. The summed E-state index contributed by atoms with van der Waals surface area (Å²) in [6.45, 7) is 8.05. The van der Waals surface area contributed by atoms with Gasteiger partial charge in [-0.3, -0.25) is 4.79 Å². The molecular formula is C12H24N2O. The fraction of sp³-hybridized carbons (Fsp3) is 0.917. The van der Waals surface area contributed by atoms with Crippen molar-refractivity contribution in [3.05, 3.63) is 0 Å². The van der Waals surface area contributed by atoms with E-state index >= 15 is 0 Å². The molecule has 1 rings (SSSR count). The van der Waals surface area contributed by atoms with Gasteiger partial charge >= 0.3 is 0 Å². The summed E-state index contributed by atoms with van der Waals surface area (Å²) in [6, 6.07) is -0.353. The Morgan fingerprint density at radius 1 is 1.60 bits per heavy atom. The van der Waals surface area contributed by atoms with Gasteiger partial charge < -0.3 is 10.6 Å².